The highest BCUT2D eigenvalue weighted by molar-refractivity contribution is 6.15. The van der Waals surface area contributed by atoms with Crippen LogP contribution in [0, 0.1) is 0 Å². The van der Waals surface area contributed by atoms with Crippen LogP contribution in [0.3, 0.4) is 0 Å². The van der Waals surface area contributed by atoms with Crippen LogP contribution in [0.5, 0.6) is 5.75 Å². The Bertz CT molecular complexity index is 908. The summed E-state index contributed by atoms with van der Waals surface area (Å²) in [5.74, 6) is 0.848. The number of aromatic amines is 1. The number of hydrogen-bond acceptors (Lipinski definition) is 2. The Morgan fingerprint density at radius 1 is 1.00 bits per heavy atom. The van der Waals surface area contributed by atoms with Gasteiger partial charge in [-0.1, -0.05) is 18.2 Å². The lowest BCUT2D eigenvalue weighted by Gasteiger charge is -2.02. The molecule has 0 bridgehead atoms. The SMILES string of the molecule is COc1ccc2ncc3c4ccccc4[nH]c3c2c1. The van der Waals surface area contributed by atoms with Crippen molar-refractivity contribution in [3.05, 3.63) is 48.7 Å². The molecule has 19 heavy (non-hydrogen) atoms. The van der Waals surface area contributed by atoms with E-state index in [1.54, 1.807) is 7.11 Å². The lowest BCUT2D eigenvalue weighted by molar-refractivity contribution is 0.415. The Hall–Kier alpha value is -2.55. The standard InChI is InChI=1S/C16H12N2O/c1-19-10-6-7-14-12(8-10)16-13(9-17-14)11-4-2-3-5-15(11)18-16/h2-9,18H,1H3. The van der Waals surface area contributed by atoms with Gasteiger partial charge in [0.25, 0.3) is 0 Å². The molecule has 2 aromatic heterocycles. The van der Waals surface area contributed by atoms with Gasteiger partial charge in [-0.2, -0.15) is 0 Å². The van der Waals surface area contributed by atoms with Crippen LogP contribution in [0.4, 0.5) is 0 Å². The molecule has 3 nitrogen and oxygen atoms in total. The Morgan fingerprint density at radius 3 is 2.79 bits per heavy atom. The van der Waals surface area contributed by atoms with Crippen molar-refractivity contribution >= 4 is 32.7 Å². The van der Waals surface area contributed by atoms with Gasteiger partial charge >= 0.3 is 0 Å². The number of pyridine rings is 1. The minimum atomic E-state index is 0.848. The van der Waals surface area contributed by atoms with Gasteiger partial charge in [0.1, 0.15) is 5.75 Å². The van der Waals surface area contributed by atoms with E-state index < -0.39 is 0 Å². The minimum Gasteiger partial charge on any atom is -0.497 e. The number of ether oxygens (including phenoxy) is 1. The number of aromatic nitrogens is 2. The summed E-state index contributed by atoms with van der Waals surface area (Å²) in [7, 11) is 1.68. The molecule has 0 fully saturated rings. The Balaban J connectivity index is 2.23. The van der Waals surface area contributed by atoms with Crippen LogP contribution in [0.2, 0.25) is 0 Å². The average Bonchev–Trinajstić information content (AvgIpc) is 2.85. The highest BCUT2D eigenvalue weighted by Gasteiger charge is 2.08. The average molecular weight is 248 g/mol. The second-order valence-electron chi connectivity index (χ2n) is 4.60. The van der Waals surface area contributed by atoms with Crippen molar-refractivity contribution in [2.45, 2.75) is 0 Å². The fraction of sp³-hybridized carbons (Fsp3) is 0.0625. The maximum Gasteiger partial charge on any atom is 0.119 e. The first kappa shape index (κ1) is 10.4. The zero-order valence-corrected chi connectivity index (χ0v) is 10.5. The van der Waals surface area contributed by atoms with Crippen LogP contribution in [-0.4, -0.2) is 17.1 Å². The molecular formula is C16H12N2O. The highest BCUT2D eigenvalue weighted by atomic mass is 16.5. The molecule has 4 aromatic rings. The lowest BCUT2D eigenvalue weighted by Crippen LogP contribution is -1.85. The van der Waals surface area contributed by atoms with Crippen molar-refractivity contribution in [3.63, 3.8) is 0 Å². The number of benzene rings is 2. The van der Waals surface area contributed by atoms with E-state index in [9.17, 15) is 0 Å². The number of hydrogen-bond donors (Lipinski definition) is 1. The molecule has 92 valence electrons. The smallest absolute Gasteiger partial charge is 0.119 e. The zero-order valence-electron chi connectivity index (χ0n) is 10.5. The van der Waals surface area contributed by atoms with E-state index in [0.29, 0.717) is 0 Å². The number of H-pyrrole nitrogens is 1. The monoisotopic (exact) mass is 248 g/mol. The fourth-order valence-electron chi connectivity index (χ4n) is 2.60. The van der Waals surface area contributed by atoms with Crippen molar-refractivity contribution < 1.29 is 4.74 Å². The number of para-hydroxylation sites is 1. The first-order valence-electron chi connectivity index (χ1n) is 6.20. The molecule has 0 amide bonds. The summed E-state index contributed by atoms with van der Waals surface area (Å²) < 4.78 is 5.30. The summed E-state index contributed by atoms with van der Waals surface area (Å²) >= 11 is 0. The third-order valence-corrected chi connectivity index (χ3v) is 3.55. The van der Waals surface area contributed by atoms with Crippen molar-refractivity contribution in [2.75, 3.05) is 7.11 Å². The normalized spacial score (nSPS) is 11.4. The first-order chi connectivity index (χ1) is 9.36. The van der Waals surface area contributed by atoms with E-state index >= 15 is 0 Å². The topological polar surface area (TPSA) is 37.9 Å². The van der Waals surface area contributed by atoms with E-state index in [2.05, 4.69) is 22.1 Å². The van der Waals surface area contributed by atoms with Crippen molar-refractivity contribution in [2.24, 2.45) is 0 Å². The summed E-state index contributed by atoms with van der Waals surface area (Å²) in [5, 5.41) is 3.44. The van der Waals surface area contributed by atoms with Gasteiger partial charge < -0.3 is 9.72 Å². The van der Waals surface area contributed by atoms with Crippen molar-refractivity contribution in [3.8, 4) is 5.75 Å². The second-order valence-corrected chi connectivity index (χ2v) is 4.60. The van der Waals surface area contributed by atoms with Gasteiger partial charge in [-0.05, 0) is 24.3 Å². The van der Waals surface area contributed by atoms with E-state index in [4.69, 9.17) is 4.74 Å². The number of nitrogens with one attached hydrogen (secondary N) is 1. The molecule has 0 spiro atoms. The summed E-state index contributed by atoms with van der Waals surface area (Å²) in [6.07, 6.45) is 1.93. The molecule has 3 heteroatoms. The van der Waals surface area contributed by atoms with Crippen LogP contribution in [0.1, 0.15) is 0 Å². The Labute approximate surface area is 109 Å². The molecule has 0 aliphatic carbocycles. The van der Waals surface area contributed by atoms with Crippen molar-refractivity contribution in [1.82, 2.24) is 9.97 Å². The Kier molecular flexibility index (Phi) is 2.03. The van der Waals surface area contributed by atoms with Gasteiger partial charge in [-0.15, -0.1) is 0 Å². The maximum absolute atomic E-state index is 5.30. The van der Waals surface area contributed by atoms with E-state index in [0.717, 1.165) is 33.1 Å². The molecule has 0 saturated heterocycles. The van der Waals surface area contributed by atoms with Gasteiger partial charge in [0.15, 0.2) is 0 Å². The molecule has 0 aliphatic heterocycles. The van der Waals surface area contributed by atoms with Gasteiger partial charge in [-0.25, -0.2) is 0 Å². The van der Waals surface area contributed by atoms with Crippen LogP contribution >= 0.6 is 0 Å². The quantitative estimate of drug-likeness (QED) is 0.555. The number of nitrogens with zero attached hydrogens (tertiary/aromatic N) is 1. The van der Waals surface area contributed by atoms with Crippen LogP contribution in [-0.2, 0) is 0 Å². The van der Waals surface area contributed by atoms with Crippen LogP contribution < -0.4 is 4.74 Å². The third kappa shape index (κ3) is 1.41. The molecule has 2 aromatic carbocycles. The van der Waals surface area contributed by atoms with Crippen molar-refractivity contribution in [1.29, 1.82) is 0 Å². The van der Waals surface area contributed by atoms with Crippen LogP contribution in [0.15, 0.2) is 48.7 Å². The molecule has 1 N–H and O–H groups in total. The number of methoxy groups -OCH3 is 1. The summed E-state index contributed by atoms with van der Waals surface area (Å²) in [6.45, 7) is 0. The summed E-state index contributed by atoms with van der Waals surface area (Å²) in [6, 6.07) is 14.2. The predicted molar refractivity (Wildman–Crippen MR) is 77.7 cm³/mol. The number of fused-ring (bicyclic) bond motifs is 5. The largest absolute Gasteiger partial charge is 0.497 e. The fourth-order valence-corrected chi connectivity index (χ4v) is 2.60. The maximum atomic E-state index is 5.30. The summed E-state index contributed by atoms with van der Waals surface area (Å²) in [5.41, 5.74) is 3.22. The molecule has 0 aliphatic rings. The van der Waals surface area contributed by atoms with Gasteiger partial charge in [-0.3, -0.25) is 4.98 Å². The van der Waals surface area contributed by atoms with Gasteiger partial charge in [0.05, 0.1) is 18.1 Å². The molecule has 0 radical (unpaired) electrons. The summed E-state index contributed by atoms with van der Waals surface area (Å²) in [4.78, 5) is 8.01. The van der Waals surface area contributed by atoms with Gasteiger partial charge in [0.2, 0.25) is 0 Å². The molecule has 0 atom stereocenters. The zero-order chi connectivity index (χ0) is 12.8. The number of rotatable bonds is 1. The Morgan fingerprint density at radius 2 is 1.89 bits per heavy atom. The molecule has 0 unspecified atom stereocenters. The van der Waals surface area contributed by atoms with Crippen LogP contribution in [0.25, 0.3) is 32.7 Å². The first-order valence-corrected chi connectivity index (χ1v) is 6.20. The van der Waals surface area contributed by atoms with E-state index in [-0.39, 0.29) is 0 Å². The molecular weight excluding hydrogens is 236 g/mol. The third-order valence-electron chi connectivity index (χ3n) is 3.55. The molecule has 0 saturated carbocycles. The lowest BCUT2D eigenvalue weighted by atomic mass is 10.1. The van der Waals surface area contributed by atoms with E-state index in [1.165, 1.54) is 5.39 Å². The molecule has 2 heterocycles. The second kappa shape index (κ2) is 3.72. The highest BCUT2D eigenvalue weighted by Crippen LogP contribution is 2.31. The minimum absolute atomic E-state index is 0.848. The predicted octanol–water partition coefficient (Wildman–Crippen LogP) is 3.88. The van der Waals surface area contributed by atoms with Gasteiger partial charge in [0, 0.05) is 27.9 Å². The molecule has 4 rings (SSSR count). The van der Waals surface area contributed by atoms with E-state index in [1.807, 2.05) is 36.5 Å².